The summed E-state index contributed by atoms with van der Waals surface area (Å²) in [5, 5.41) is 2.36. The first-order chi connectivity index (χ1) is 9.66. The van der Waals surface area contributed by atoms with Crippen molar-refractivity contribution in [3.63, 3.8) is 0 Å². The Bertz CT molecular complexity index is 794. The molecule has 0 fully saturated rings. The van der Waals surface area contributed by atoms with Crippen LogP contribution in [0.5, 0.6) is 11.6 Å². The van der Waals surface area contributed by atoms with E-state index in [0.717, 1.165) is 15.2 Å². The first-order valence-corrected chi connectivity index (χ1v) is 6.95. The van der Waals surface area contributed by atoms with E-state index in [4.69, 9.17) is 22.1 Å². The highest BCUT2D eigenvalue weighted by Gasteiger charge is 2.12. The molecule has 0 atom stereocenters. The molecular formula is C14H9BrClN3O. The fraction of sp³-hybridized carbons (Fsp3) is 0. The minimum Gasteiger partial charge on any atom is -0.436 e. The lowest BCUT2D eigenvalue weighted by atomic mass is 10.1. The Morgan fingerprint density at radius 1 is 1.10 bits per heavy atom. The van der Waals surface area contributed by atoms with Crippen LogP contribution in [-0.2, 0) is 0 Å². The van der Waals surface area contributed by atoms with Crippen molar-refractivity contribution >= 4 is 44.1 Å². The van der Waals surface area contributed by atoms with Gasteiger partial charge in [-0.15, -0.1) is 0 Å². The van der Waals surface area contributed by atoms with Gasteiger partial charge < -0.3 is 10.5 Å². The molecule has 1 heterocycles. The van der Waals surface area contributed by atoms with Crippen LogP contribution in [0.25, 0.3) is 10.8 Å². The Hall–Kier alpha value is -1.85. The first kappa shape index (κ1) is 13.1. The second-order valence-corrected chi connectivity index (χ2v) is 5.25. The Morgan fingerprint density at radius 2 is 1.90 bits per heavy atom. The zero-order chi connectivity index (χ0) is 14.1. The van der Waals surface area contributed by atoms with E-state index in [1.807, 2.05) is 36.4 Å². The summed E-state index contributed by atoms with van der Waals surface area (Å²) in [6.45, 7) is 0. The second-order valence-electron chi connectivity index (χ2n) is 4.08. The van der Waals surface area contributed by atoms with Gasteiger partial charge in [-0.3, -0.25) is 0 Å². The quantitative estimate of drug-likeness (QED) is 0.743. The third-order valence-corrected chi connectivity index (χ3v) is 3.99. The molecule has 2 aromatic carbocycles. The van der Waals surface area contributed by atoms with Crippen LogP contribution in [0.2, 0.25) is 5.02 Å². The fourth-order valence-electron chi connectivity index (χ4n) is 1.83. The van der Waals surface area contributed by atoms with Gasteiger partial charge in [0, 0.05) is 0 Å². The summed E-state index contributed by atoms with van der Waals surface area (Å²) in [6.07, 6.45) is 1.31. The molecule has 0 amide bonds. The van der Waals surface area contributed by atoms with E-state index in [1.54, 1.807) is 0 Å². The van der Waals surface area contributed by atoms with Crippen LogP contribution < -0.4 is 10.5 Å². The molecule has 0 aliphatic rings. The van der Waals surface area contributed by atoms with Gasteiger partial charge in [-0.2, -0.15) is 4.98 Å². The van der Waals surface area contributed by atoms with Crippen LogP contribution in [0, 0.1) is 0 Å². The van der Waals surface area contributed by atoms with E-state index < -0.39 is 0 Å². The maximum atomic E-state index is 6.02. The number of aromatic nitrogens is 2. The monoisotopic (exact) mass is 349 g/mol. The molecule has 0 aliphatic carbocycles. The number of halogens is 2. The number of rotatable bonds is 2. The Kier molecular flexibility index (Phi) is 3.46. The molecule has 20 heavy (non-hydrogen) atoms. The molecular weight excluding hydrogens is 342 g/mol. The first-order valence-electron chi connectivity index (χ1n) is 5.78. The van der Waals surface area contributed by atoms with Crippen molar-refractivity contribution in [1.29, 1.82) is 0 Å². The van der Waals surface area contributed by atoms with Gasteiger partial charge in [0.25, 0.3) is 0 Å². The number of ether oxygens (including phenoxy) is 1. The zero-order valence-corrected chi connectivity index (χ0v) is 12.5. The van der Waals surface area contributed by atoms with Gasteiger partial charge >= 0.3 is 0 Å². The van der Waals surface area contributed by atoms with E-state index >= 15 is 0 Å². The molecule has 6 heteroatoms. The van der Waals surface area contributed by atoms with Crippen molar-refractivity contribution in [2.45, 2.75) is 0 Å². The van der Waals surface area contributed by atoms with Gasteiger partial charge in [-0.05, 0) is 32.8 Å². The average Bonchev–Trinajstić information content (AvgIpc) is 2.47. The van der Waals surface area contributed by atoms with Crippen LogP contribution >= 0.6 is 27.5 Å². The molecule has 0 aliphatic heterocycles. The van der Waals surface area contributed by atoms with Gasteiger partial charge in [-0.25, -0.2) is 4.98 Å². The summed E-state index contributed by atoms with van der Waals surface area (Å²) in [4.78, 5) is 7.79. The predicted molar refractivity (Wildman–Crippen MR) is 83.2 cm³/mol. The van der Waals surface area contributed by atoms with E-state index in [1.165, 1.54) is 6.33 Å². The largest absolute Gasteiger partial charge is 0.436 e. The van der Waals surface area contributed by atoms with E-state index in [-0.39, 0.29) is 16.7 Å². The molecule has 0 bridgehead atoms. The van der Waals surface area contributed by atoms with Crippen LogP contribution in [0.4, 0.5) is 5.82 Å². The maximum absolute atomic E-state index is 6.02. The predicted octanol–water partition coefficient (Wildman–Crippen LogP) is 4.42. The third-order valence-electron chi connectivity index (χ3n) is 2.82. The molecule has 0 spiro atoms. The van der Waals surface area contributed by atoms with Crippen LogP contribution in [-0.4, -0.2) is 9.97 Å². The Labute approximate surface area is 128 Å². The molecule has 0 saturated heterocycles. The number of hydrogen-bond acceptors (Lipinski definition) is 4. The lowest BCUT2D eigenvalue weighted by molar-refractivity contribution is 0.460. The number of hydrogen-bond donors (Lipinski definition) is 1. The van der Waals surface area contributed by atoms with Crippen molar-refractivity contribution in [2.75, 3.05) is 5.73 Å². The average molecular weight is 351 g/mol. The summed E-state index contributed by atoms with van der Waals surface area (Å²) in [5.74, 6) is 1.03. The molecule has 100 valence electrons. The fourth-order valence-corrected chi connectivity index (χ4v) is 2.54. The van der Waals surface area contributed by atoms with Gasteiger partial charge in [0.2, 0.25) is 5.88 Å². The second kappa shape index (κ2) is 5.26. The standard InChI is InChI=1S/C14H9BrClN3O/c15-11-9-4-2-1-3-8(9)5-6-10(11)20-14-12(16)13(17)18-7-19-14/h1-7H,(H2,17,18,19). The maximum Gasteiger partial charge on any atom is 0.243 e. The highest BCUT2D eigenvalue weighted by molar-refractivity contribution is 9.10. The summed E-state index contributed by atoms with van der Waals surface area (Å²) < 4.78 is 6.56. The van der Waals surface area contributed by atoms with Gasteiger partial charge in [0.05, 0.1) is 4.47 Å². The van der Waals surface area contributed by atoms with Crippen molar-refractivity contribution in [2.24, 2.45) is 0 Å². The summed E-state index contributed by atoms with van der Waals surface area (Å²) >= 11 is 9.56. The number of benzene rings is 2. The Balaban J connectivity index is 2.07. The minimum absolute atomic E-state index is 0.188. The topological polar surface area (TPSA) is 61.0 Å². The van der Waals surface area contributed by atoms with Gasteiger partial charge in [0.1, 0.15) is 22.9 Å². The van der Waals surface area contributed by atoms with Gasteiger partial charge in [0.15, 0.2) is 0 Å². The minimum atomic E-state index is 0.188. The summed E-state index contributed by atoms with van der Waals surface area (Å²) in [6, 6.07) is 11.8. The van der Waals surface area contributed by atoms with E-state index in [9.17, 15) is 0 Å². The number of nitrogens with zero attached hydrogens (tertiary/aromatic N) is 2. The van der Waals surface area contributed by atoms with Crippen molar-refractivity contribution in [1.82, 2.24) is 9.97 Å². The normalized spacial score (nSPS) is 10.7. The molecule has 0 unspecified atom stereocenters. The van der Waals surface area contributed by atoms with Crippen LogP contribution in [0.1, 0.15) is 0 Å². The zero-order valence-electron chi connectivity index (χ0n) is 10.2. The van der Waals surface area contributed by atoms with Crippen LogP contribution in [0.3, 0.4) is 0 Å². The third kappa shape index (κ3) is 2.30. The number of fused-ring (bicyclic) bond motifs is 1. The van der Waals surface area contributed by atoms with Gasteiger partial charge in [-0.1, -0.05) is 41.9 Å². The molecule has 4 nitrogen and oxygen atoms in total. The van der Waals surface area contributed by atoms with E-state index in [2.05, 4.69) is 25.9 Å². The highest BCUT2D eigenvalue weighted by Crippen LogP contribution is 2.37. The smallest absolute Gasteiger partial charge is 0.243 e. The lowest BCUT2D eigenvalue weighted by Gasteiger charge is -2.10. The number of anilines is 1. The summed E-state index contributed by atoms with van der Waals surface area (Å²) in [5.41, 5.74) is 5.63. The Morgan fingerprint density at radius 3 is 2.75 bits per heavy atom. The van der Waals surface area contributed by atoms with Crippen molar-refractivity contribution in [3.05, 3.63) is 52.2 Å². The molecule has 3 aromatic rings. The summed E-state index contributed by atoms with van der Waals surface area (Å²) in [7, 11) is 0. The highest BCUT2D eigenvalue weighted by atomic mass is 79.9. The van der Waals surface area contributed by atoms with E-state index in [0.29, 0.717) is 5.75 Å². The molecule has 2 N–H and O–H groups in total. The number of nitrogen functional groups attached to an aromatic ring is 1. The molecule has 1 aromatic heterocycles. The lowest BCUT2D eigenvalue weighted by Crippen LogP contribution is -1.96. The molecule has 3 rings (SSSR count). The molecule has 0 radical (unpaired) electrons. The molecule has 0 saturated carbocycles. The van der Waals surface area contributed by atoms with Crippen molar-refractivity contribution < 1.29 is 4.74 Å². The van der Waals surface area contributed by atoms with Crippen molar-refractivity contribution in [3.8, 4) is 11.6 Å². The number of nitrogens with two attached hydrogens (primary N) is 1. The van der Waals surface area contributed by atoms with Crippen LogP contribution in [0.15, 0.2) is 47.2 Å². The SMILES string of the molecule is Nc1ncnc(Oc2ccc3ccccc3c2Br)c1Cl.